The quantitative estimate of drug-likeness (QED) is 0.700. The van der Waals surface area contributed by atoms with Gasteiger partial charge in [-0.25, -0.2) is 0 Å². The molecule has 0 aliphatic carbocycles. The first-order valence-corrected chi connectivity index (χ1v) is 6.31. The molecule has 0 spiro atoms. The summed E-state index contributed by atoms with van der Waals surface area (Å²) >= 11 is 3.56. The van der Waals surface area contributed by atoms with E-state index in [2.05, 4.69) is 61.8 Å². The molecule has 0 aliphatic rings. The molecule has 0 bridgehead atoms. The summed E-state index contributed by atoms with van der Waals surface area (Å²) in [6.07, 6.45) is 0. The van der Waals surface area contributed by atoms with Crippen molar-refractivity contribution in [1.29, 1.82) is 0 Å². The number of hydrogen-bond acceptors (Lipinski definition) is 0. The van der Waals surface area contributed by atoms with Crippen LogP contribution >= 0.6 is 15.9 Å². The fourth-order valence-corrected chi connectivity index (χ4v) is 2.25. The summed E-state index contributed by atoms with van der Waals surface area (Å²) in [7, 11) is 0. The minimum absolute atomic E-state index is 0.634. The van der Waals surface area contributed by atoms with Gasteiger partial charge in [0.15, 0.2) is 0 Å². The highest BCUT2D eigenvalue weighted by molar-refractivity contribution is 9.09. The molecule has 78 valence electrons. The molecule has 0 amide bonds. The van der Waals surface area contributed by atoms with Crippen LogP contribution in [0.4, 0.5) is 0 Å². The Bertz CT molecular complexity index is 304. The van der Waals surface area contributed by atoms with Gasteiger partial charge in [0, 0.05) is 5.33 Å². The van der Waals surface area contributed by atoms with Gasteiger partial charge in [0.25, 0.3) is 0 Å². The van der Waals surface area contributed by atoms with E-state index in [1.807, 2.05) is 0 Å². The largest absolute Gasteiger partial charge is 0.0925 e. The zero-order valence-corrected chi connectivity index (χ0v) is 11.1. The number of benzene rings is 1. The van der Waals surface area contributed by atoms with Crippen LogP contribution in [0.1, 0.15) is 36.5 Å². The van der Waals surface area contributed by atoms with Gasteiger partial charge in [0.1, 0.15) is 0 Å². The van der Waals surface area contributed by atoms with Crippen molar-refractivity contribution < 1.29 is 0 Å². The first kappa shape index (κ1) is 11.8. The van der Waals surface area contributed by atoms with E-state index < -0.39 is 0 Å². The van der Waals surface area contributed by atoms with Crippen molar-refractivity contribution in [2.75, 3.05) is 5.33 Å². The molecule has 1 aromatic carbocycles. The van der Waals surface area contributed by atoms with E-state index >= 15 is 0 Å². The summed E-state index contributed by atoms with van der Waals surface area (Å²) in [6, 6.07) is 6.73. The van der Waals surface area contributed by atoms with Crippen molar-refractivity contribution >= 4 is 15.9 Å². The van der Waals surface area contributed by atoms with Gasteiger partial charge in [0.05, 0.1) is 0 Å². The zero-order valence-electron chi connectivity index (χ0n) is 9.47. The van der Waals surface area contributed by atoms with Crippen molar-refractivity contribution in [3.63, 3.8) is 0 Å². The first-order chi connectivity index (χ1) is 6.56. The molecule has 0 aliphatic heterocycles. The van der Waals surface area contributed by atoms with Gasteiger partial charge in [-0.05, 0) is 36.8 Å². The van der Waals surface area contributed by atoms with Gasteiger partial charge < -0.3 is 0 Å². The molecule has 2 atom stereocenters. The van der Waals surface area contributed by atoms with E-state index in [1.54, 1.807) is 0 Å². The smallest absolute Gasteiger partial charge is 0.00627 e. The van der Waals surface area contributed by atoms with Crippen LogP contribution in [0.15, 0.2) is 18.2 Å². The number of halogens is 1. The molecular formula is C13H19Br. The Morgan fingerprint density at radius 1 is 1.21 bits per heavy atom. The molecule has 1 aromatic rings. The fourth-order valence-electron chi connectivity index (χ4n) is 1.69. The lowest BCUT2D eigenvalue weighted by Gasteiger charge is -2.20. The van der Waals surface area contributed by atoms with Crippen molar-refractivity contribution in [3.8, 4) is 0 Å². The summed E-state index contributed by atoms with van der Waals surface area (Å²) in [6.45, 7) is 8.97. The highest BCUT2D eigenvalue weighted by Crippen LogP contribution is 2.28. The Hall–Kier alpha value is -0.300. The number of hydrogen-bond donors (Lipinski definition) is 0. The predicted molar refractivity (Wildman–Crippen MR) is 67.3 cm³/mol. The maximum Gasteiger partial charge on any atom is 0.00627 e. The van der Waals surface area contributed by atoms with E-state index in [0.29, 0.717) is 11.8 Å². The molecule has 0 fully saturated rings. The Labute approximate surface area is 95.9 Å². The van der Waals surface area contributed by atoms with Crippen LogP contribution in [-0.2, 0) is 0 Å². The SMILES string of the molecule is Cc1ccc(C)c(C(C)C(C)CBr)c1. The second-order valence-corrected chi connectivity index (χ2v) is 4.93. The van der Waals surface area contributed by atoms with Gasteiger partial charge in [-0.15, -0.1) is 0 Å². The van der Waals surface area contributed by atoms with Crippen LogP contribution in [0.2, 0.25) is 0 Å². The van der Waals surface area contributed by atoms with Crippen LogP contribution in [-0.4, -0.2) is 5.33 Å². The third-order valence-electron chi connectivity index (χ3n) is 3.02. The Kier molecular flexibility index (Phi) is 4.18. The maximum atomic E-state index is 3.56. The highest BCUT2D eigenvalue weighted by Gasteiger charge is 2.14. The summed E-state index contributed by atoms with van der Waals surface area (Å²) in [4.78, 5) is 0. The number of alkyl halides is 1. The van der Waals surface area contributed by atoms with Crippen LogP contribution < -0.4 is 0 Å². The van der Waals surface area contributed by atoms with E-state index in [4.69, 9.17) is 0 Å². The van der Waals surface area contributed by atoms with Gasteiger partial charge in [-0.2, -0.15) is 0 Å². The molecule has 2 unspecified atom stereocenters. The Balaban J connectivity index is 2.99. The van der Waals surface area contributed by atoms with E-state index in [1.165, 1.54) is 16.7 Å². The summed E-state index contributed by atoms with van der Waals surface area (Å²) in [5, 5.41) is 1.07. The molecule has 0 aromatic heterocycles. The lowest BCUT2D eigenvalue weighted by molar-refractivity contribution is 0.544. The maximum absolute atomic E-state index is 3.56. The van der Waals surface area contributed by atoms with Crippen molar-refractivity contribution in [1.82, 2.24) is 0 Å². The van der Waals surface area contributed by atoms with E-state index in [-0.39, 0.29) is 0 Å². The molecule has 1 rings (SSSR count). The lowest BCUT2D eigenvalue weighted by Crippen LogP contribution is -2.09. The van der Waals surface area contributed by atoms with E-state index in [0.717, 1.165) is 5.33 Å². The van der Waals surface area contributed by atoms with Crippen molar-refractivity contribution in [2.24, 2.45) is 5.92 Å². The fraction of sp³-hybridized carbons (Fsp3) is 0.538. The average Bonchev–Trinajstić information content (AvgIpc) is 2.19. The number of aryl methyl sites for hydroxylation is 2. The molecule has 0 saturated carbocycles. The van der Waals surface area contributed by atoms with Gasteiger partial charge >= 0.3 is 0 Å². The number of rotatable bonds is 3. The Morgan fingerprint density at radius 2 is 1.86 bits per heavy atom. The summed E-state index contributed by atoms with van der Waals surface area (Å²) in [5.74, 6) is 1.32. The third kappa shape index (κ3) is 2.60. The molecule has 0 saturated heterocycles. The normalized spacial score (nSPS) is 15.2. The van der Waals surface area contributed by atoms with Crippen LogP contribution in [0, 0.1) is 19.8 Å². The van der Waals surface area contributed by atoms with Crippen molar-refractivity contribution in [3.05, 3.63) is 34.9 Å². The minimum atomic E-state index is 0.634. The van der Waals surface area contributed by atoms with Gasteiger partial charge in [-0.1, -0.05) is 53.5 Å². The first-order valence-electron chi connectivity index (χ1n) is 5.19. The third-order valence-corrected chi connectivity index (χ3v) is 4.04. The Morgan fingerprint density at radius 3 is 2.43 bits per heavy atom. The lowest BCUT2D eigenvalue weighted by atomic mass is 9.87. The molecule has 0 heterocycles. The monoisotopic (exact) mass is 254 g/mol. The summed E-state index contributed by atoms with van der Waals surface area (Å²) < 4.78 is 0. The van der Waals surface area contributed by atoms with Crippen molar-refractivity contribution in [2.45, 2.75) is 33.6 Å². The van der Waals surface area contributed by atoms with Gasteiger partial charge in [0.2, 0.25) is 0 Å². The van der Waals surface area contributed by atoms with E-state index in [9.17, 15) is 0 Å². The van der Waals surface area contributed by atoms with Gasteiger partial charge in [-0.3, -0.25) is 0 Å². The second kappa shape index (κ2) is 4.97. The standard InChI is InChI=1S/C13H19Br/c1-9-5-6-10(2)13(7-9)12(4)11(3)8-14/h5-7,11-12H,8H2,1-4H3. The van der Waals surface area contributed by atoms with Crippen LogP contribution in [0.5, 0.6) is 0 Å². The molecular weight excluding hydrogens is 236 g/mol. The molecule has 1 heteroatoms. The highest BCUT2D eigenvalue weighted by atomic mass is 79.9. The van der Waals surface area contributed by atoms with Crippen LogP contribution in [0.25, 0.3) is 0 Å². The molecule has 0 radical (unpaired) electrons. The molecule has 0 N–H and O–H groups in total. The second-order valence-electron chi connectivity index (χ2n) is 4.28. The summed E-state index contributed by atoms with van der Waals surface area (Å²) in [5.41, 5.74) is 4.27. The molecule has 14 heavy (non-hydrogen) atoms. The topological polar surface area (TPSA) is 0 Å². The zero-order chi connectivity index (χ0) is 10.7. The predicted octanol–water partition coefficient (Wildman–Crippen LogP) is 4.44. The minimum Gasteiger partial charge on any atom is -0.0925 e. The average molecular weight is 255 g/mol. The molecule has 0 nitrogen and oxygen atoms in total. The van der Waals surface area contributed by atoms with Crippen LogP contribution in [0.3, 0.4) is 0 Å².